The van der Waals surface area contributed by atoms with Crippen molar-refractivity contribution in [3.8, 4) is 0 Å². The summed E-state index contributed by atoms with van der Waals surface area (Å²) in [4.78, 5) is 11.9. The average molecular weight is 226 g/mol. The molecule has 2 aliphatic rings. The summed E-state index contributed by atoms with van der Waals surface area (Å²) in [5, 5.41) is 3.04. The van der Waals surface area contributed by atoms with Gasteiger partial charge in [-0.3, -0.25) is 4.79 Å². The molecular weight excluding hydrogens is 204 g/mol. The Morgan fingerprint density at radius 3 is 2.62 bits per heavy atom. The van der Waals surface area contributed by atoms with E-state index in [4.69, 9.17) is 10.5 Å². The standard InChI is InChI=1S/C12H22N2O2/c1-8-6-7-11(16-8)12(15)14-10-5-3-2-4-9(10)13/h8-11H,2-7,13H2,1H3,(H,14,15)/t8?,9-,10-,11?/m1/s1. The molecule has 0 spiro atoms. The van der Waals surface area contributed by atoms with Crippen LogP contribution in [0.1, 0.15) is 45.4 Å². The second-order valence-corrected chi connectivity index (χ2v) is 5.08. The molecule has 1 heterocycles. The summed E-state index contributed by atoms with van der Waals surface area (Å²) in [6, 6.07) is 0.275. The minimum atomic E-state index is -0.246. The maximum atomic E-state index is 11.9. The largest absolute Gasteiger partial charge is 0.365 e. The van der Waals surface area contributed by atoms with Gasteiger partial charge in [-0.1, -0.05) is 12.8 Å². The number of ether oxygens (including phenoxy) is 1. The quantitative estimate of drug-likeness (QED) is 0.736. The van der Waals surface area contributed by atoms with Gasteiger partial charge < -0.3 is 15.8 Å². The van der Waals surface area contributed by atoms with Gasteiger partial charge in [-0.15, -0.1) is 0 Å². The molecule has 0 radical (unpaired) electrons. The Morgan fingerprint density at radius 2 is 2.00 bits per heavy atom. The molecule has 0 aromatic carbocycles. The summed E-state index contributed by atoms with van der Waals surface area (Å²) in [5.74, 6) is 0.0340. The number of hydrogen-bond acceptors (Lipinski definition) is 3. The summed E-state index contributed by atoms with van der Waals surface area (Å²) in [6.45, 7) is 2.01. The predicted octanol–water partition coefficient (Wildman–Crippen LogP) is 0.940. The van der Waals surface area contributed by atoms with E-state index >= 15 is 0 Å². The average Bonchev–Trinajstić information content (AvgIpc) is 2.68. The van der Waals surface area contributed by atoms with E-state index in [9.17, 15) is 4.79 Å². The van der Waals surface area contributed by atoms with E-state index in [1.807, 2.05) is 6.92 Å². The van der Waals surface area contributed by atoms with Gasteiger partial charge in [0, 0.05) is 12.1 Å². The van der Waals surface area contributed by atoms with Crippen LogP contribution in [0.3, 0.4) is 0 Å². The monoisotopic (exact) mass is 226 g/mol. The molecule has 4 atom stereocenters. The number of amides is 1. The first-order chi connectivity index (χ1) is 7.66. The van der Waals surface area contributed by atoms with Crippen molar-refractivity contribution in [3.05, 3.63) is 0 Å². The molecule has 0 aromatic heterocycles. The second kappa shape index (κ2) is 5.15. The van der Waals surface area contributed by atoms with Crippen molar-refractivity contribution in [3.63, 3.8) is 0 Å². The highest BCUT2D eigenvalue weighted by atomic mass is 16.5. The zero-order chi connectivity index (χ0) is 11.5. The lowest BCUT2D eigenvalue weighted by Gasteiger charge is -2.30. The molecule has 3 N–H and O–H groups in total. The Kier molecular flexibility index (Phi) is 3.82. The highest BCUT2D eigenvalue weighted by Crippen LogP contribution is 2.21. The predicted molar refractivity (Wildman–Crippen MR) is 61.9 cm³/mol. The maximum absolute atomic E-state index is 11.9. The molecule has 2 rings (SSSR count). The lowest BCUT2D eigenvalue weighted by Crippen LogP contribution is -2.51. The third kappa shape index (κ3) is 2.74. The number of carbonyl (C=O) groups excluding carboxylic acids is 1. The van der Waals surface area contributed by atoms with Gasteiger partial charge in [0.1, 0.15) is 6.10 Å². The van der Waals surface area contributed by atoms with Crippen LogP contribution < -0.4 is 11.1 Å². The van der Waals surface area contributed by atoms with Crippen molar-refractivity contribution >= 4 is 5.91 Å². The molecule has 1 saturated carbocycles. The van der Waals surface area contributed by atoms with Gasteiger partial charge in [-0.05, 0) is 32.6 Å². The van der Waals surface area contributed by atoms with E-state index in [2.05, 4.69) is 5.32 Å². The second-order valence-electron chi connectivity index (χ2n) is 5.08. The van der Waals surface area contributed by atoms with Crippen LogP contribution in [0.5, 0.6) is 0 Å². The molecule has 0 bridgehead atoms. The normalized spacial score (nSPS) is 39.6. The van der Waals surface area contributed by atoms with Crippen molar-refractivity contribution < 1.29 is 9.53 Å². The lowest BCUT2D eigenvalue weighted by molar-refractivity contribution is -0.132. The third-order valence-electron chi connectivity index (χ3n) is 3.67. The van der Waals surface area contributed by atoms with Crippen LogP contribution in [0, 0.1) is 0 Å². The number of nitrogens with two attached hydrogens (primary N) is 1. The minimum absolute atomic E-state index is 0.0340. The molecule has 4 heteroatoms. The molecular formula is C12H22N2O2. The van der Waals surface area contributed by atoms with Crippen molar-refractivity contribution in [2.45, 2.75) is 69.7 Å². The Bertz CT molecular complexity index is 257. The van der Waals surface area contributed by atoms with E-state index in [0.717, 1.165) is 25.7 Å². The Morgan fingerprint density at radius 1 is 1.25 bits per heavy atom. The molecule has 92 valence electrons. The van der Waals surface area contributed by atoms with Gasteiger partial charge in [0.25, 0.3) is 0 Å². The van der Waals surface area contributed by atoms with Gasteiger partial charge in [-0.25, -0.2) is 0 Å². The van der Waals surface area contributed by atoms with Crippen LogP contribution in [0.15, 0.2) is 0 Å². The highest BCUT2D eigenvalue weighted by molar-refractivity contribution is 5.81. The molecule has 2 fully saturated rings. The molecule has 2 unspecified atom stereocenters. The number of carbonyl (C=O) groups is 1. The van der Waals surface area contributed by atoms with Gasteiger partial charge in [-0.2, -0.15) is 0 Å². The number of rotatable bonds is 2. The first kappa shape index (κ1) is 11.9. The summed E-state index contributed by atoms with van der Waals surface area (Å²) >= 11 is 0. The van der Waals surface area contributed by atoms with Crippen LogP contribution in [0.2, 0.25) is 0 Å². The summed E-state index contributed by atoms with van der Waals surface area (Å²) in [5.41, 5.74) is 6.00. The van der Waals surface area contributed by atoms with E-state index in [0.29, 0.717) is 0 Å². The van der Waals surface area contributed by atoms with Gasteiger partial charge >= 0.3 is 0 Å². The van der Waals surface area contributed by atoms with Gasteiger partial charge in [0.15, 0.2) is 0 Å². The van der Waals surface area contributed by atoms with Crippen LogP contribution in [0.25, 0.3) is 0 Å². The Hall–Kier alpha value is -0.610. The van der Waals surface area contributed by atoms with E-state index < -0.39 is 0 Å². The molecule has 1 saturated heterocycles. The molecule has 0 aromatic rings. The van der Waals surface area contributed by atoms with Crippen LogP contribution in [-0.2, 0) is 9.53 Å². The minimum Gasteiger partial charge on any atom is -0.365 e. The van der Waals surface area contributed by atoms with Crippen molar-refractivity contribution in [2.75, 3.05) is 0 Å². The summed E-state index contributed by atoms with van der Waals surface area (Å²) < 4.78 is 5.55. The lowest BCUT2D eigenvalue weighted by atomic mass is 9.91. The molecule has 1 aliphatic carbocycles. The third-order valence-corrected chi connectivity index (χ3v) is 3.67. The topological polar surface area (TPSA) is 64.4 Å². The van der Waals surface area contributed by atoms with E-state index in [-0.39, 0.29) is 30.2 Å². The highest BCUT2D eigenvalue weighted by Gasteiger charge is 2.31. The van der Waals surface area contributed by atoms with Crippen molar-refractivity contribution in [1.29, 1.82) is 0 Å². The SMILES string of the molecule is CC1CCC(C(=O)N[C@@H]2CCCC[C@H]2N)O1. The number of nitrogens with one attached hydrogen (secondary N) is 1. The zero-order valence-corrected chi connectivity index (χ0v) is 9.95. The van der Waals surface area contributed by atoms with Crippen LogP contribution in [0.4, 0.5) is 0 Å². The molecule has 1 aliphatic heterocycles. The Balaban J connectivity index is 1.82. The first-order valence-corrected chi connectivity index (χ1v) is 6.38. The molecule has 1 amide bonds. The van der Waals surface area contributed by atoms with E-state index in [1.54, 1.807) is 0 Å². The fraction of sp³-hybridized carbons (Fsp3) is 0.917. The smallest absolute Gasteiger partial charge is 0.249 e. The van der Waals surface area contributed by atoms with Crippen LogP contribution in [-0.4, -0.2) is 30.2 Å². The van der Waals surface area contributed by atoms with Crippen molar-refractivity contribution in [1.82, 2.24) is 5.32 Å². The van der Waals surface area contributed by atoms with Gasteiger partial charge in [0.2, 0.25) is 5.91 Å². The van der Waals surface area contributed by atoms with Crippen molar-refractivity contribution in [2.24, 2.45) is 5.73 Å². The Labute approximate surface area is 96.9 Å². The fourth-order valence-corrected chi connectivity index (χ4v) is 2.61. The van der Waals surface area contributed by atoms with E-state index in [1.165, 1.54) is 12.8 Å². The maximum Gasteiger partial charge on any atom is 0.249 e. The zero-order valence-electron chi connectivity index (χ0n) is 9.95. The summed E-state index contributed by atoms with van der Waals surface area (Å²) in [6.07, 6.45) is 6.18. The van der Waals surface area contributed by atoms with Crippen LogP contribution >= 0.6 is 0 Å². The molecule has 16 heavy (non-hydrogen) atoms. The molecule has 4 nitrogen and oxygen atoms in total. The number of hydrogen-bond donors (Lipinski definition) is 2. The fourth-order valence-electron chi connectivity index (χ4n) is 2.61. The first-order valence-electron chi connectivity index (χ1n) is 6.38. The van der Waals surface area contributed by atoms with Gasteiger partial charge in [0.05, 0.1) is 6.10 Å². The summed E-state index contributed by atoms with van der Waals surface area (Å²) in [7, 11) is 0.